The molecule has 1 aliphatic heterocycles. The first kappa shape index (κ1) is 16.5. The van der Waals surface area contributed by atoms with Gasteiger partial charge in [0.1, 0.15) is 0 Å². The van der Waals surface area contributed by atoms with E-state index in [0.29, 0.717) is 12.1 Å². The van der Waals surface area contributed by atoms with Gasteiger partial charge in [0.2, 0.25) is 0 Å². The van der Waals surface area contributed by atoms with Gasteiger partial charge < -0.3 is 15.0 Å². The third-order valence-corrected chi connectivity index (χ3v) is 4.20. The second kappa shape index (κ2) is 7.93. The molecule has 1 atom stereocenters. The number of carbonyl (C=O) groups excluding carboxylic acids is 1. The zero-order valence-corrected chi connectivity index (χ0v) is 13.9. The Morgan fingerprint density at radius 1 is 1.29 bits per heavy atom. The molecule has 0 radical (unpaired) electrons. The molecule has 0 saturated carbocycles. The minimum Gasteiger partial charge on any atom is -0.376 e. The van der Waals surface area contributed by atoms with Crippen LogP contribution in [0.1, 0.15) is 30.1 Å². The van der Waals surface area contributed by atoms with E-state index in [0.717, 1.165) is 37.4 Å². The van der Waals surface area contributed by atoms with Crippen LogP contribution in [0.15, 0.2) is 48.8 Å². The molecular weight excluding hydrogens is 302 g/mol. The molecule has 5 heteroatoms. The van der Waals surface area contributed by atoms with Gasteiger partial charge in [0.15, 0.2) is 0 Å². The maximum atomic E-state index is 12.4. The van der Waals surface area contributed by atoms with Gasteiger partial charge in [0, 0.05) is 31.6 Å². The standard InChI is InChI=1S/C19H23N3O2/c1-2-22(16-7-4-3-5-8-16)17-11-15(12-20-13-17)19(23)21-14-18-9-6-10-24-18/h3-5,7-8,11-13,18H,2,6,9-10,14H2,1H3,(H,21,23). The normalized spacial score (nSPS) is 16.8. The molecule has 1 saturated heterocycles. The number of ether oxygens (including phenoxy) is 1. The van der Waals surface area contributed by atoms with Crippen molar-refractivity contribution in [2.45, 2.75) is 25.9 Å². The highest BCUT2D eigenvalue weighted by molar-refractivity contribution is 5.95. The van der Waals surface area contributed by atoms with Crippen molar-refractivity contribution in [1.29, 1.82) is 0 Å². The van der Waals surface area contributed by atoms with Gasteiger partial charge in [-0.15, -0.1) is 0 Å². The Kier molecular flexibility index (Phi) is 5.43. The molecular formula is C19H23N3O2. The largest absolute Gasteiger partial charge is 0.376 e. The Hall–Kier alpha value is -2.40. The number of para-hydroxylation sites is 1. The number of pyridine rings is 1. The summed E-state index contributed by atoms with van der Waals surface area (Å²) in [7, 11) is 0. The van der Waals surface area contributed by atoms with Crippen LogP contribution in [0, 0.1) is 0 Å². The zero-order chi connectivity index (χ0) is 16.8. The third-order valence-electron chi connectivity index (χ3n) is 4.20. The molecule has 1 N–H and O–H groups in total. The van der Waals surface area contributed by atoms with Crippen LogP contribution >= 0.6 is 0 Å². The molecule has 2 heterocycles. The lowest BCUT2D eigenvalue weighted by Crippen LogP contribution is -2.32. The average Bonchev–Trinajstić information content (AvgIpc) is 3.15. The van der Waals surface area contributed by atoms with E-state index in [9.17, 15) is 4.79 Å². The lowest BCUT2D eigenvalue weighted by molar-refractivity contribution is 0.0857. The predicted molar refractivity (Wildman–Crippen MR) is 94.7 cm³/mol. The number of nitrogens with zero attached hydrogens (tertiary/aromatic N) is 2. The number of rotatable bonds is 6. The van der Waals surface area contributed by atoms with Gasteiger partial charge in [-0.2, -0.15) is 0 Å². The summed E-state index contributed by atoms with van der Waals surface area (Å²) < 4.78 is 5.54. The van der Waals surface area contributed by atoms with Crippen LogP contribution in [-0.2, 0) is 4.74 Å². The van der Waals surface area contributed by atoms with Crippen LogP contribution in [0.25, 0.3) is 0 Å². The van der Waals surface area contributed by atoms with Crippen LogP contribution < -0.4 is 10.2 Å². The van der Waals surface area contributed by atoms with Crippen LogP contribution in [0.4, 0.5) is 11.4 Å². The first-order chi connectivity index (χ1) is 11.8. The van der Waals surface area contributed by atoms with Crippen molar-refractivity contribution in [1.82, 2.24) is 10.3 Å². The Bertz CT molecular complexity index is 669. The second-order valence-corrected chi connectivity index (χ2v) is 5.86. The van der Waals surface area contributed by atoms with Gasteiger partial charge in [-0.25, -0.2) is 0 Å². The second-order valence-electron chi connectivity index (χ2n) is 5.86. The van der Waals surface area contributed by atoms with Gasteiger partial charge in [0.25, 0.3) is 5.91 Å². The molecule has 24 heavy (non-hydrogen) atoms. The Labute approximate surface area is 142 Å². The van der Waals surface area contributed by atoms with E-state index in [1.807, 2.05) is 36.4 Å². The summed E-state index contributed by atoms with van der Waals surface area (Å²) in [5.74, 6) is -0.107. The van der Waals surface area contributed by atoms with Gasteiger partial charge in [-0.05, 0) is 38.0 Å². The van der Waals surface area contributed by atoms with Crippen molar-refractivity contribution in [3.05, 3.63) is 54.4 Å². The fraction of sp³-hybridized carbons (Fsp3) is 0.368. The van der Waals surface area contributed by atoms with E-state index < -0.39 is 0 Å². The minimum absolute atomic E-state index is 0.107. The van der Waals surface area contributed by atoms with Gasteiger partial charge in [-0.3, -0.25) is 9.78 Å². The molecule has 3 rings (SSSR count). The zero-order valence-electron chi connectivity index (χ0n) is 13.9. The van der Waals surface area contributed by atoms with Crippen LogP contribution in [0.3, 0.4) is 0 Å². The molecule has 1 aliphatic rings. The lowest BCUT2D eigenvalue weighted by Gasteiger charge is -2.23. The van der Waals surface area contributed by atoms with E-state index in [2.05, 4.69) is 22.1 Å². The van der Waals surface area contributed by atoms with E-state index in [1.165, 1.54) is 0 Å². The summed E-state index contributed by atoms with van der Waals surface area (Å²) in [6, 6.07) is 12.0. The van der Waals surface area contributed by atoms with Crippen molar-refractivity contribution in [2.24, 2.45) is 0 Å². The number of amides is 1. The first-order valence-electron chi connectivity index (χ1n) is 8.45. The number of nitrogens with one attached hydrogen (secondary N) is 1. The van der Waals surface area contributed by atoms with Crippen molar-refractivity contribution in [3.63, 3.8) is 0 Å². The molecule has 1 aromatic heterocycles. The first-order valence-corrected chi connectivity index (χ1v) is 8.45. The van der Waals surface area contributed by atoms with Crippen LogP contribution in [-0.4, -0.2) is 36.7 Å². The van der Waals surface area contributed by atoms with E-state index in [1.54, 1.807) is 12.4 Å². The number of benzene rings is 1. The van der Waals surface area contributed by atoms with Crippen molar-refractivity contribution in [3.8, 4) is 0 Å². The summed E-state index contributed by atoms with van der Waals surface area (Å²) in [5.41, 5.74) is 2.56. The van der Waals surface area contributed by atoms with Crippen molar-refractivity contribution >= 4 is 17.3 Å². The fourth-order valence-electron chi connectivity index (χ4n) is 2.94. The highest BCUT2D eigenvalue weighted by Crippen LogP contribution is 2.24. The highest BCUT2D eigenvalue weighted by Gasteiger charge is 2.17. The summed E-state index contributed by atoms with van der Waals surface area (Å²) in [5, 5.41) is 2.94. The fourth-order valence-corrected chi connectivity index (χ4v) is 2.94. The molecule has 0 bridgehead atoms. The van der Waals surface area contributed by atoms with Gasteiger partial charge in [0.05, 0.1) is 23.6 Å². The van der Waals surface area contributed by atoms with Gasteiger partial charge >= 0.3 is 0 Å². The molecule has 2 aromatic rings. The third kappa shape index (κ3) is 3.92. The summed E-state index contributed by atoms with van der Waals surface area (Å²) in [4.78, 5) is 18.8. The molecule has 5 nitrogen and oxygen atoms in total. The maximum absolute atomic E-state index is 12.4. The summed E-state index contributed by atoms with van der Waals surface area (Å²) in [6.45, 7) is 4.23. The number of hydrogen-bond acceptors (Lipinski definition) is 4. The molecule has 1 unspecified atom stereocenters. The molecule has 126 valence electrons. The summed E-state index contributed by atoms with van der Waals surface area (Å²) in [6.07, 6.45) is 5.61. The van der Waals surface area contributed by atoms with E-state index >= 15 is 0 Å². The molecule has 1 fully saturated rings. The lowest BCUT2D eigenvalue weighted by atomic mass is 10.2. The minimum atomic E-state index is -0.107. The molecule has 1 aromatic carbocycles. The number of hydrogen-bond donors (Lipinski definition) is 1. The van der Waals surface area contributed by atoms with Crippen LogP contribution in [0.5, 0.6) is 0 Å². The number of anilines is 2. The monoisotopic (exact) mass is 325 g/mol. The molecule has 0 spiro atoms. The van der Waals surface area contributed by atoms with Crippen molar-refractivity contribution < 1.29 is 9.53 Å². The highest BCUT2D eigenvalue weighted by atomic mass is 16.5. The maximum Gasteiger partial charge on any atom is 0.253 e. The Morgan fingerprint density at radius 2 is 2.12 bits per heavy atom. The topological polar surface area (TPSA) is 54.5 Å². The molecule has 0 aliphatic carbocycles. The number of carbonyl (C=O) groups is 1. The predicted octanol–water partition coefficient (Wildman–Crippen LogP) is 3.15. The van der Waals surface area contributed by atoms with E-state index in [-0.39, 0.29) is 12.0 Å². The summed E-state index contributed by atoms with van der Waals surface area (Å²) >= 11 is 0. The van der Waals surface area contributed by atoms with E-state index in [4.69, 9.17) is 4.74 Å². The Balaban J connectivity index is 1.71. The quantitative estimate of drug-likeness (QED) is 0.886. The SMILES string of the molecule is CCN(c1ccccc1)c1cncc(C(=O)NCC2CCCO2)c1. The number of aromatic nitrogens is 1. The molecule has 1 amide bonds. The smallest absolute Gasteiger partial charge is 0.253 e. The average molecular weight is 325 g/mol. The van der Waals surface area contributed by atoms with Gasteiger partial charge in [-0.1, -0.05) is 18.2 Å². The van der Waals surface area contributed by atoms with Crippen molar-refractivity contribution in [2.75, 3.05) is 24.6 Å². The Morgan fingerprint density at radius 3 is 2.83 bits per heavy atom. The van der Waals surface area contributed by atoms with Crippen LogP contribution in [0.2, 0.25) is 0 Å².